The predicted octanol–water partition coefficient (Wildman–Crippen LogP) is 0.589. The van der Waals surface area contributed by atoms with E-state index in [1.54, 1.807) is 13.8 Å². The van der Waals surface area contributed by atoms with Gasteiger partial charge in [-0.2, -0.15) is 0 Å². The van der Waals surface area contributed by atoms with Crippen LogP contribution < -0.4 is 0 Å². The van der Waals surface area contributed by atoms with Crippen molar-refractivity contribution in [3.63, 3.8) is 0 Å². The largest absolute Gasteiger partial charge is 0.396 e. The first-order chi connectivity index (χ1) is 4.48. The van der Waals surface area contributed by atoms with Crippen LogP contribution in [0.3, 0.4) is 0 Å². The van der Waals surface area contributed by atoms with Gasteiger partial charge >= 0.3 is 7.60 Å². The maximum absolute atomic E-state index is 10.8. The summed E-state index contributed by atoms with van der Waals surface area (Å²) in [7, 11) is -3.50. The monoisotopic (exact) mass is 168 g/mol. The third-order valence-corrected chi connectivity index (χ3v) is 2.27. The molecule has 1 unspecified atom stereocenters. The molecule has 0 bridgehead atoms. The fraction of sp³-hybridized carbons (Fsp3) is 1.00. The highest BCUT2D eigenvalue weighted by molar-refractivity contribution is 7.52. The summed E-state index contributed by atoms with van der Waals surface area (Å²) >= 11 is 0. The summed E-state index contributed by atoms with van der Waals surface area (Å²) in [4.78, 5) is 8.86. The molecule has 0 aliphatic rings. The fourth-order valence-corrected chi connectivity index (χ4v) is 1.53. The summed E-state index contributed by atoms with van der Waals surface area (Å²) in [5.41, 5.74) is 0. The van der Waals surface area contributed by atoms with Gasteiger partial charge in [-0.1, -0.05) is 0 Å². The molecule has 0 fully saturated rings. The highest BCUT2D eigenvalue weighted by Gasteiger charge is 2.19. The molecular formula is C5H13O4P. The van der Waals surface area contributed by atoms with E-state index in [9.17, 15) is 4.57 Å². The minimum atomic E-state index is -3.50. The van der Waals surface area contributed by atoms with Crippen molar-refractivity contribution in [2.24, 2.45) is 0 Å². The summed E-state index contributed by atoms with van der Waals surface area (Å²) in [5.74, 6) is 0. The molecule has 0 rings (SSSR count). The summed E-state index contributed by atoms with van der Waals surface area (Å²) in [5, 5.41) is 8.30. The van der Waals surface area contributed by atoms with Crippen molar-refractivity contribution < 1.29 is 19.1 Å². The number of aliphatic hydroxyl groups excluding tert-OH is 1. The lowest BCUT2D eigenvalue weighted by molar-refractivity contribution is 0.198. The summed E-state index contributed by atoms with van der Waals surface area (Å²) in [6.45, 7) is 3.01. The van der Waals surface area contributed by atoms with E-state index < -0.39 is 7.60 Å². The van der Waals surface area contributed by atoms with Crippen LogP contribution in [0.1, 0.15) is 13.8 Å². The molecular weight excluding hydrogens is 155 g/mol. The highest BCUT2D eigenvalue weighted by atomic mass is 31.2. The van der Waals surface area contributed by atoms with E-state index in [2.05, 4.69) is 4.52 Å². The summed E-state index contributed by atoms with van der Waals surface area (Å²) in [6, 6.07) is 0. The molecule has 0 radical (unpaired) electrons. The molecule has 0 aromatic carbocycles. The molecule has 62 valence electrons. The molecule has 0 heterocycles. The Morgan fingerprint density at radius 2 is 2.10 bits per heavy atom. The number of aliphatic hydroxyl groups is 1. The highest BCUT2D eigenvalue weighted by Crippen LogP contribution is 2.42. The van der Waals surface area contributed by atoms with E-state index in [-0.39, 0.29) is 18.9 Å². The number of hydrogen-bond acceptors (Lipinski definition) is 3. The Hall–Kier alpha value is 0.110. The van der Waals surface area contributed by atoms with Gasteiger partial charge in [0.1, 0.15) is 0 Å². The molecule has 0 amide bonds. The molecule has 5 heteroatoms. The van der Waals surface area contributed by atoms with Crippen LogP contribution in [-0.2, 0) is 9.09 Å². The van der Waals surface area contributed by atoms with Gasteiger partial charge in [0.15, 0.2) is 0 Å². The summed E-state index contributed by atoms with van der Waals surface area (Å²) in [6.07, 6.45) is -0.465. The third-order valence-electron chi connectivity index (χ3n) is 0.758. The lowest BCUT2D eigenvalue weighted by Gasteiger charge is -2.12. The lowest BCUT2D eigenvalue weighted by Crippen LogP contribution is -2.04. The van der Waals surface area contributed by atoms with Crippen molar-refractivity contribution >= 4 is 7.60 Å². The minimum Gasteiger partial charge on any atom is -0.396 e. The normalized spacial score (nSPS) is 17.3. The molecule has 0 aromatic rings. The van der Waals surface area contributed by atoms with Gasteiger partial charge in [0.25, 0.3) is 0 Å². The van der Waals surface area contributed by atoms with E-state index >= 15 is 0 Å². The van der Waals surface area contributed by atoms with Crippen LogP contribution in [0.4, 0.5) is 0 Å². The second-order valence-corrected chi connectivity index (χ2v) is 4.17. The average molecular weight is 168 g/mol. The smallest absolute Gasteiger partial charge is 0.330 e. The Balaban J connectivity index is 3.75. The van der Waals surface area contributed by atoms with E-state index in [0.29, 0.717) is 0 Å². The molecule has 1 atom stereocenters. The Labute approximate surface area is 60.4 Å². The molecule has 0 spiro atoms. The van der Waals surface area contributed by atoms with Crippen molar-refractivity contribution in [3.05, 3.63) is 0 Å². The van der Waals surface area contributed by atoms with E-state index in [1.807, 2.05) is 0 Å². The van der Waals surface area contributed by atoms with Gasteiger partial charge in [-0.3, -0.25) is 4.57 Å². The molecule has 0 saturated carbocycles. The number of hydrogen-bond donors (Lipinski definition) is 2. The van der Waals surface area contributed by atoms with Gasteiger partial charge in [-0.15, -0.1) is 0 Å². The Bertz CT molecular complexity index is 134. The standard InChI is InChI=1S/C5H13O4P/c1-5(2)9-10(7,8)4-3-6/h5-6H,3-4H2,1-2H3,(H,7,8). The minimum absolute atomic E-state index is 0.189. The maximum atomic E-state index is 10.8. The van der Waals surface area contributed by atoms with Crippen LogP contribution in [0.25, 0.3) is 0 Å². The van der Waals surface area contributed by atoms with Crippen molar-refractivity contribution in [3.8, 4) is 0 Å². The van der Waals surface area contributed by atoms with Crippen LogP contribution in [-0.4, -0.2) is 28.9 Å². The van der Waals surface area contributed by atoms with Gasteiger partial charge in [-0.25, -0.2) is 0 Å². The van der Waals surface area contributed by atoms with Gasteiger partial charge < -0.3 is 14.5 Å². The molecule has 2 N–H and O–H groups in total. The van der Waals surface area contributed by atoms with Crippen molar-refractivity contribution in [1.29, 1.82) is 0 Å². The molecule has 0 aliphatic heterocycles. The second-order valence-electron chi connectivity index (χ2n) is 2.24. The van der Waals surface area contributed by atoms with Gasteiger partial charge in [0, 0.05) is 0 Å². The molecule has 0 saturated heterocycles. The lowest BCUT2D eigenvalue weighted by atomic mass is 10.5. The predicted molar refractivity (Wildman–Crippen MR) is 38.0 cm³/mol. The first-order valence-electron chi connectivity index (χ1n) is 3.09. The first kappa shape index (κ1) is 10.1. The molecule has 10 heavy (non-hydrogen) atoms. The SMILES string of the molecule is CC(C)OP(=O)(O)CCO. The number of rotatable bonds is 4. The summed E-state index contributed by atoms with van der Waals surface area (Å²) < 4.78 is 15.4. The van der Waals surface area contributed by atoms with Gasteiger partial charge in [-0.05, 0) is 13.8 Å². The van der Waals surface area contributed by atoms with Gasteiger partial charge in [0.2, 0.25) is 0 Å². The third kappa shape index (κ3) is 4.94. The van der Waals surface area contributed by atoms with Crippen LogP contribution in [0.2, 0.25) is 0 Å². The van der Waals surface area contributed by atoms with E-state index in [0.717, 1.165) is 0 Å². The zero-order valence-corrected chi connectivity index (χ0v) is 7.04. The van der Waals surface area contributed by atoms with Crippen LogP contribution in [0.5, 0.6) is 0 Å². The Morgan fingerprint density at radius 1 is 1.60 bits per heavy atom. The van der Waals surface area contributed by atoms with Crippen molar-refractivity contribution in [2.45, 2.75) is 20.0 Å². The topological polar surface area (TPSA) is 66.8 Å². The molecule has 4 nitrogen and oxygen atoms in total. The zero-order chi connectivity index (χ0) is 8.20. The average Bonchev–Trinajstić information content (AvgIpc) is 1.59. The maximum Gasteiger partial charge on any atom is 0.330 e. The van der Waals surface area contributed by atoms with Crippen LogP contribution in [0.15, 0.2) is 0 Å². The van der Waals surface area contributed by atoms with E-state index in [1.165, 1.54) is 0 Å². The van der Waals surface area contributed by atoms with Crippen molar-refractivity contribution in [1.82, 2.24) is 0 Å². The molecule has 0 aliphatic carbocycles. The Kier molecular flexibility index (Phi) is 4.13. The van der Waals surface area contributed by atoms with Crippen molar-refractivity contribution in [2.75, 3.05) is 12.8 Å². The first-order valence-corrected chi connectivity index (χ1v) is 4.85. The van der Waals surface area contributed by atoms with Gasteiger partial charge in [0.05, 0.1) is 18.9 Å². The van der Waals surface area contributed by atoms with E-state index in [4.69, 9.17) is 10.00 Å². The fourth-order valence-electron chi connectivity index (χ4n) is 0.508. The Morgan fingerprint density at radius 3 is 2.40 bits per heavy atom. The van der Waals surface area contributed by atoms with Crippen LogP contribution in [0, 0.1) is 0 Å². The van der Waals surface area contributed by atoms with Crippen LogP contribution >= 0.6 is 7.60 Å². The quantitative estimate of drug-likeness (QED) is 0.603. The zero-order valence-electron chi connectivity index (χ0n) is 6.15. The molecule has 0 aromatic heterocycles. The second kappa shape index (κ2) is 4.09.